The molecule has 0 fully saturated rings. The predicted octanol–water partition coefficient (Wildman–Crippen LogP) is 13.1. The van der Waals surface area contributed by atoms with Gasteiger partial charge in [-0.3, -0.25) is 9.28 Å². The molecule has 0 saturated heterocycles. The van der Waals surface area contributed by atoms with Gasteiger partial charge in [-0.05, 0) is 19.3 Å². The van der Waals surface area contributed by atoms with E-state index in [0.717, 1.165) is 25.8 Å². The normalized spacial score (nSPS) is 12.7. The number of hydrogen-bond acceptors (Lipinski definition) is 3. The maximum absolute atomic E-state index is 13.1. The second kappa shape index (κ2) is 36.5. The van der Waals surface area contributed by atoms with E-state index in [9.17, 15) is 9.59 Å². The van der Waals surface area contributed by atoms with Crippen LogP contribution < -0.4 is 5.32 Å². The summed E-state index contributed by atoms with van der Waals surface area (Å²) in [5, 5.41) is 3.26. The summed E-state index contributed by atoms with van der Waals surface area (Å²) < 4.78 is 6.74. The molecule has 0 aromatic carbocycles. The van der Waals surface area contributed by atoms with Crippen LogP contribution in [0.4, 0.5) is 0 Å². The van der Waals surface area contributed by atoms with E-state index >= 15 is 0 Å². The molecule has 1 atom stereocenters. The van der Waals surface area contributed by atoms with Crippen LogP contribution in [0.1, 0.15) is 233 Å². The number of carbonyl (C=O) groups is 2. The van der Waals surface area contributed by atoms with Crippen molar-refractivity contribution in [2.24, 2.45) is 0 Å². The van der Waals surface area contributed by atoms with E-state index in [2.05, 4.69) is 40.2 Å². The smallest absolute Gasteiger partial charge is 0.361 e. The van der Waals surface area contributed by atoms with E-state index < -0.39 is 0 Å². The van der Waals surface area contributed by atoms with Crippen LogP contribution >= 0.6 is 0 Å². The third-order valence-electron chi connectivity index (χ3n) is 11.5. The molecule has 1 amide bonds. The lowest BCUT2D eigenvalue weighted by atomic mass is 10.0. The van der Waals surface area contributed by atoms with Crippen LogP contribution in [0.3, 0.4) is 0 Å². The molecule has 0 radical (unpaired) electrons. The maximum Gasteiger partial charge on any atom is 0.361 e. The monoisotopic (exact) mass is 752 g/mol. The predicted molar refractivity (Wildman–Crippen MR) is 231 cm³/mol. The quantitative estimate of drug-likeness (QED) is 0.0293. The van der Waals surface area contributed by atoms with Crippen molar-refractivity contribution in [1.29, 1.82) is 0 Å². The molecule has 316 valence electrons. The Morgan fingerprint density at radius 3 is 1.11 bits per heavy atom. The van der Waals surface area contributed by atoms with Crippen LogP contribution in [-0.2, 0) is 14.3 Å². The van der Waals surface area contributed by atoms with Crippen molar-refractivity contribution in [2.75, 3.05) is 54.4 Å². The second-order valence-electron chi connectivity index (χ2n) is 18.1. The Hall–Kier alpha value is -1.14. The van der Waals surface area contributed by atoms with Gasteiger partial charge in [-0.25, -0.2) is 4.79 Å². The molecule has 0 spiro atoms. The molecular formula is C47H97N3O3+2. The number of hydrogen-bond donors (Lipinski definition) is 1. The first kappa shape index (κ1) is 51.9. The lowest BCUT2D eigenvalue weighted by Gasteiger charge is -2.37. The minimum absolute atomic E-state index is 0.0751. The third kappa shape index (κ3) is 35.0. The largest absolute Gasteiger partial charge is 0.462 e. The summed E-state index contributed by atoms with van der Waals surface area (Å²) >= 11 is 0. The fourth-order valence-corrected chi connectivity index (χ4v) is 7.88. The molecule has 0 aliphatic carbocycles. The number of quaternary nitrogens is 2. The molecule has 1 N–H and O–H groups in total. The fraction of sp³-hybridized carbons (Fsp3) is 0.957. The SMILES string of the molecule is CCCCCCCCCCCCCCCCCCOC(=O)C[N+](C)(C)C(CC)NC(=O)C[N+](C)(C)CCCCCCCCCCCCCCCCCC. The Balaban J connectivity index is 3.91. The molecule has 0 aromatic rings. The third-order valence-corrected chi connectivity index (χ3v) is 11.5. The Morgan fingerprint density at radius 1 is 0.453 bits per heavy atom. The zero-order chi connectivity index (χ0) is 39.3. The van der Waals surface area contributed by atoms with E-state index in [0.29, 0.717) is 22.1 Å². The summed E-state index contributed by atoms with van der Waals surface area (Å²) in [7, 11) is 8.39. The van der Waals surface area contributed by atoms with E-state index in [1.807, 2.05) is 14.1 Å². The Morgan fingerprint density at radius 2 is 0.774 bits per heavy atom. The first-order valence-electron chi connectivity index (χ1n) is 23.7. The molecule has 6 nitrogen and oxygen atoms in total. The van der Waals surface area contributed by atoms with Crippen LogP contribution in [0, 0.1) is 0 Å². The highest BCUT2D eigenvalue weighted by Crippen LogP contribution is 2.16. The lowest BCUT2D eigenvalue weighted by molar-refractivity contribution is -0.911. The molecule has 1 unspecified atom stereocenters. The van der Waals surface area contributed by atoms with Crippen molar-refractivity contribution in [2.45, 2.75) is 239 Å². The van der Waals surface area contributed by atoms with Crippen LogP contribution in [0.2, 0.25) is 0 Å². The number of ether oxygens (including phenoxy) is 1. The molecule has 0 aliphatic heterocycles. The number of likely N-dealkylation sites (N-methyl/N-ethyl adjacent to an activating group) is 2. The van der Waals surface area contributed by atoms with Crippen LogP contribution in [-0.4, -0.2) is 81.4 Å². The molecular weight excluding hydrogens is 655 g/mol. The zero-order valence-electron chi connectivity index (χ0n) is 37.4. The van der Waals surface area contributed by atoms with Gasteiger partial charge in [0.25, 0.3) is 5.91 Å². The first-order chi connectivity index (χ1) is 25.6. The van der Waals surface area contributed by atoms with Gasteiger partial charge in [0.1, 0.15) is 0 Å². The highest BCUT2D eigenvalue weighted by molar-refractivity contribution is 5.77. The summed E-state index contributed by atoms with van der Waals surface area (Å²) in [5.41, 5.74) is 0. The number of amides is 1. The van der Waals surface area contributed by atoms with E-state index in [-0.39, 0.29) is 24.6 Å². The number of nitrogens with zero attached hydrogens (tertiary/aromatic N) is 2. The number of carbonyl (C=O) groups excluding carboxylic acids is 2. The number of esters is 1. The molecule has 0 heterocycles. The summed E-state index contributed by atoms with van der Waals surface area (Å²) in [6.07, 6.45) is 44.1. The Kier molecular flexibility index (Phi) is 35.7. The van der Waals surface area contributed by atoms with Gasteiger partial charge in [0.05, 0.1) is 41.3 Å². The average molecular weight is 752 g/mol. The van der Waals surface area contributed by atoms with Crippen LogP contribution in [0.25, 0.3) is 0 Å². The van der Waals surface area contributed by atoms with Crippen molar-refractivity contribution in [3.63, 3.8) is 0 Å². The molecule has 0 rings (SSSR count). The Labute approximate surface area is 332 Å². The molecule has 6 heteroatoms. The maximum atomic E-state index is 13.1. The number of rotatable bonds is 41. The van der Waals surface area contributed by atoms with Gasteiger partial charge in [-0.15, -0.1) is 0 Å². The van der Waals surface area contributed by atoms with Crippen molar-refractivity contribution in [3.8, 4) is 0 Å². The lowest BCUT2D eigenvalue weighted by Crippen LogP contribution is -2.61. The van der Waals surface area contributed by atoms with E-state index in [1.165, 1.54) is 193 Å². The number of unbranched alkanes of at least 4 members (excludes halogenated alkanes) is 30. The highest BCUT2D eigenvalue weighted by Gasteiger charge is 2.33. The minimum Gasteiger partial charge on any atom is -0.462 e. The summed E-state index contributed by atoms with van der Waals surface area (Å²) in [5.74, 6) is -0.0886. The molecule has 0 aliphatic rings. The fourth-order valence-electron chi connectivity index (χ4n) is 7.88. The zero-order valence-corrected chi connectivity index (χ0v) is 37.4. The van der Waals surface area contributed by atoms with E-state index in [1.54, 1.807) is 0 Å². The molecule has 0 bridgehead atoms. The van der Waals surface area contributed by atoms with Gasteiger partial charge in [0, 0.05) is 6.42 Å². The van der Waals surface area contributed by atoms with Crippen molar-refractivity contribution in [1.82, 2.24) is 5.32 Å². The van der Waals surface area contributed by atoms with Gasteiger partial charge in [-0.1, -0.05) is 207 Å². The second-order valence-corrected chi connectivity index (χ2v) is 18.1. The van der Waals surface area contributed by atoms with Gasteiger partial charge < -0.3 is 14.5 Å². The Bertz CT molecular complexity index is 815. The average Bonchev–Trinajstić information content (AvgIpc) is 3.11. The first-order valence-corrected chi connectivity index (χ1v) is 23.7. The summed E-state index contributed by atoms with van der Waals surface area (Å²) in [6.45, 7) is 8.93. The van der Waals surface area contributed by atoms with Crippen molar-refractivity contribution < 1.29 is 23.3 Å². The van der Waals surface area contributed by atoms with Crippen molar-refractivity contribution >= 4 is 11.9 Å². The van der Waals surface area contributed by atoms with Gasteiger partial charge in [0.15, 0.2) is 19.3 Å². The topological polar surface area (TPSA) is 55.4 Å². The number of nitrogens with one attached hydrogen (secondary N) is 1. The molecule has 0 aromatic heterocycles. The minimum atomic E-state index is -0.164. The molecule has 53 heavy (non-hydrogen) atoms. The highest BCUT2D eigenvalue weighted by atomic mass is 16.5. The molecule has 0 saturated carbocycles. The van der Waals surface area contributed by atoms with E-state index in [4.69, 9.17) is 4.74 Å². The van der Waals surface area contributed by atoms with Gasteiger partial charge in [0.2, 0.25) is 0 Å². The summed E-state index contributed by atoms with van der Waals surface area (Å²) in [4.78, 5) is 25.9. The van der Waals surface area contributed by atoms with Crippen LogP contribution in [0.5, 0.6) is 0 Å². The van der Waals surface area contributed by atoms with Crippen LogP contribution in [0.15, 0.2) is 0 Å². The van der Waals surface area contributed by atoms with Gasteiger partial charge >= 0.3 is 5.97 Å². The van der Waals surface area contributed by atoms with Gasteiger partial charge in [-0.2, -0.15) is 0 Å². The van der Waals surface area contributed by atoms with Crippen molar-refractivity contribution in [3.05, 3.63) is 0 Å². The summed E-state index contributed by atoms with van der Waals surface area (Å²) in [6, 6.07) is 0. The standard InChI is InChI=1S/C47H96N3O3/c1-8-11-13-15-17-19-21-23-25-27-29-31-33-35-37-39-41-49(4,5)43-46(51)48-45(10-3)50(6,7)44-47(52)53-42-40-38-36-34-32-30-28-26-24-22-20-18-16-14-12-9-2/h45H,8-44H2,1-7H3/q+1/p+1.